The first-order valence-electron chi connectivity index (χ1n) is 7.53. The van der Waals surface area contributed by atoms with E-state index in [1.54, 1.807) is 18.4 Å². The number of nitrogens with zero attached hydrogens (tertiary/aromatic N) is 1. The van der Waals surface area contributed by atoms with E-state index in [0.717, 1.165) is 28.0 Å². The molecular formula is C17H21NO2S2. The fraction of sp³-hybridized carbons (Fsp3) is 0.471. The van der Waals surface area contributed by atoms with Gasteiger partial charge in [0, 0.05) is 29.9 Å². The zero-order chi connectivity index (χ0) is 15.3. The van der Waals surface area contributed by atoms with Gasteiger partial charge in [-0.15, -0.1) is 11.3 Å². The summed E-state index contributed by atoms with van der Waals surface area (Å²) in [5.74, 6) is 2.04. The van der Waals surface area contributed by atoms with Crippen LogP contribution in [0.1, 0.15) is 24.8 Å². The third-order valence-corrected chi connectivity index (χ3v) is 6.40. The third-order valence-electron chi connectivity index (χ3n) is 4.08. The third kappa shape index (κ3) is 4.03. The van der Waals surface area contributed by atoms with Gasteiger partial charge in [-0.3, -0.25) is 0 Å². The van der Waals surface area contributed by atoms with Crippen LogP contribution in [0.5, 0.6) is 5.75 Å². The van der Waals surface area contributed by atoms with Crippen LogP contribution >= 0.6 is 23.1 Å². The van der Waals surface area contributed by atoms with E-state index in [4.69, 9.17) is 9.47 Å². The summed E-state index contributed by atoms with van der Waals surface area (Å²) in [6, 6.07) is 8.19. The van der Waals surface area contributed by atoms with Crippen LogP contribution in [0, 0.1) is 5.41 Å². The van der Waals surface area contributed by atoms with Crippen molar-refractivity contribution in [2.24, 2.45) is 5.41 Å². The molecular weight excluding hydrogens is 314 g/mol. The van der Waals surface area contributed by atoms with Crippen molar-refractivity contribution in [2.45, 2.75) is 30.2 Å². The second kappa shape index (κ2) is 7.49. The van der Waals surface area contributed by atoms with Crippen molar-refractivity contribution >= 4 is 23.1 Å². The summed E-state index contributed by atoms with van der Waals surface area (Å²) in [7, 11) is 1.72. The van der Waals surface area contributed by atoms with Gasteiger partial charge in [-0.05, 0) is 30.5 Å². The largest absolute Gasteiger partial charge is 0.493 e. The summed E-state index contributed by atoms with van der Waals surface area (Å²) >= 11 is 3.58. The summed E-state index contributed by atoms with van der Waals surface area (Å²) in [6.07, 6.45) is 5.69. The van der Waals surface area contributed by atoms with Gasteiger partial charge in [0.2, 0.25) is 0 Å². The predicted molar refractivity (Wildman–Crippen MR) is 91.8 cm³/mol. The molecule has 22 heavy (non-hydrogen) atoms. The zero-order valence-corrected chi connectivity index (χ0v) is 14.4. The monoisotopic (exact) mass is 335 g/mol. The molecule has 1 aliphatic carbocycles. The molecule has 1 aliphatic rings. The summed E-state index contributed by atoms with van der Waals surface area (Å²) < 4.78 is 12.4. The second-order valence-electron chi connectivity index (χ2n) is 5.81. The molecule has 1 aromatic heterocycles. The maximum Gasteiger partial charge on any atom is 0.149 e. The quantitative estimate of drug-likeness (QED) is 0.658. The van der Waals surface area contributed by atoms with Gasteiger partial charge in [-0.25, -0.2) is 4.98 Å². The van der Waals surface area contributed by atoms with E-state index in [9.17, 15) is 0 Å². The molecule has 0 radical (unpaired) electrons. The lowest BCUT2D eigenvalue weighted by molar-refractivity contribution is 0.0824. The lowest BCUT2D eigenvalue weighted by atomic mass is 9.71. The normalized spacial score (nSPS) is 16.2. The first-order chi connectivity index (χ1) is 10.8. The lowest BCUT2D eigenvalue weighted by Crippen LogP contribution is -2.38. The van der Waals surface area contributed by atoms with Gasteiger partial charge in [0.1, 0.15) is 10.1 Å². The van der Waals surface area contributed by atoms with E-state index in [1.165, 1.54) is 19.3 Å². The number of rotatable bonds is 8. The van der Waals surface area contributed by atoms with Crippen molar-refractivity contribution in [3.8, 4) is 5.75 Å². The summed E-state index contributed by atoms with van der Waals surface area (Å²) in [6.45, 7) is 1.42. The molecule has 118 valence electrons. The Bertz CT molecular complexity index is 582. The summed E-state index contributed by atoms with van der Waals surface area (Å²) in [5, 5.41) is 2.04. The Morgan fingerprint density at radius 1 is 1.36 bits per heavy atom. The fourth-order valence-corrected chi connectivity index (χ4v) is 4.54. The number of thiazole rings is 1. The van der Waals surface area contributed by atoms with Crippen molar-refractivity contribution in [2.75, 3.05) is 19.5 Å². The Morgan fingerprint density at radius 2 is 2.27 bits per heavy atom. The molecule has 1 fully saturated rings. The maximum absolute atomic E-state index is 6.08. The minimum absolute atomic E-state index is 0.313. The number of aromatic nitrogens is 1. The lowest BCUT2D eigenvalue weighted by Gasteiger charge is -2.41. The van der Waals surface area contributed by atoms with Gasteiger partial charge >= 0.3 is 0 Å². The van der Waals surface area contributed by atoms with E-state index in [1.807, 2.05) is 35.5 Å². The molecule has 0 aliphatic heterocycles. The number of hydrogen-bond donors (Lipinski definition) is 0. The van der Waals surface area contributed by atoms with E-state index in [0.29, 0.717) is 12.0 Å². The van der Waals surface area contributed by atoms with Crippen LogP contribution in [0.4, 0.5) is 0 Å². The average molecular weight is 335 g/mol. The molecule has 3 nitrogen and oxygen atoms in total. The Labute approximate surface area is 140 Å². The van der Waals surface area contributed by atoms with E-state index in [-0.39, 0.29) is 0 Å². The van der Waals surface area contributed by atoms with Crippen LogP contribution in [0.15, 0.2) is 40.2 Å². The molecule has 0 N–H and O–H groups in total. The Morgan fingerprint density at radius 3 is 2.95 bits per heavy atom. The summed E-state index contributed by atoms with van der Waals surface area (Å²) in [4.78, 5) is 4.35. The van der Waals surface area contributed by atoms with Gasteiger partial charge in [-0.2, -0.15) is 0 Å². The molecule has 3 rings (SSSR count). The molecule has 1 heterocycles. The Balaban J connectivity index is 1.55. The highest BCUT2D eigenvalue weighted by atomic mass is 32.2. The average Bonchev–Trinajstić information content (AvgIpc) is 3.00. The number of thioether (sulfide) groups is 1. The van der Waals surface area contributed by atoms with Gasteiger partial charge < -0.3 is 9.47 Å². The van der Waals surface area contributed by atoms with Crippen LogP contribution in [-0.4, -0.2) is 24.5 Å². The van der Waals surface area contributed by atoms with Crippen LogP contribution in [0.2, 0.25) is 0 Å². The molecule has 0 saturated heterocycles. The first-order valence-corrected chi connectivity index (χ1v) is 9.39. The van der Waals surface area contributed by atoms with Gasteiger partial charge in [-0.1, -0.05) is 30.3 Å². The fourth-order valence-electron chi connectivity index (χ4n) is 2.63. The van der Waals surface area contributed by atoms with Crippen molar-refractivity contribution in [1.82, 2.24) is 4.98 Å². The molecule has 1 saturated carbocycles. The number of methoxy groups -OCH3 is 1. The molecule has 0 bridgehead atoms. The molecule has 1 aromatic carbocycles. The van der Waals surface area contributed by atoms with Crippen molar-refractivity contribution in [1.29, 1.82) is 0 Å². The smallest absolute Gasteiger partial charge is 0.149 e. The molecule has 2 aromatic rings. The second-order valence-corrected chi connectivity index (χ2v) is 7.93. The van der Waals surface area contributed by atoms with Crippen LogP contribution in [0.25, 0.3) is 0 Å². The van der Waals surface area contributed by atoms with Crippen molar-refractivity contribution in [3.05, 3.63) is 41.4 Å². The highest BCUT2D eigenvalue weighted by Crippen LogP contribution is 2.45. The number of ether oxygens (including phenoxy) is 2. The van der Waals surface area contributed by atoms with Crippen LogP contribution in [-0.2, 0) is 11.3 Å². The Hall–Kier alpha value is -1.04. The van der Waals surface area contributed by atoms with Crippen molar-refractivity contribution < 1.29 is 9.47 Å². The molecule has 0 spiro atoms. The van der Waals surface area contributed by atoms with Gasteiger partial charge in [0.15, 0.2) is 0 Å². The predicted octanol–water partition coefficient (Wildman–Crippen LogP) is 4.63. The zero-order valence-electron chi connectivity index (χ0n) is 12.8. The standard InChI is InChI=1S/C17H21NO2S2/c1-19-11-14-4-2-5-15(10-14)20-12-17(6-3-7-17)13-22-16-18-8-9-21-16/h2,4-5,8-10H,3,6-7,11-13H2,1H3. The van der Waals surface area contributed by atoms with Crippen LogP contribution < -0.4 is 4.74 Å². The molecule has 0 atom stereocenters. The highest BCUT2D eigenvalue weighted by Gasteiger charge is 2.38. The Kier molecular flexibility index (Phi) is 5.39. The maximum atomic E-state index is 6.08. The molecule has 5 heteroatoms. The first kappa shape index (κ1) is 15.8. The minimum atomic E-state index is 0.313. The SMILES string of the molecule is COCc1cccc(OCC2(CSc3nccs3)CCC2)c1. The summed E-state index contributed by atoms with van der Waals surface area (Å²) in [5.41, 5.74) is 1.47. The topological polar surface area (TPSA) is 31.4 Å². The van der Waals surface area contributed by atoms with E-state index in [2.05, 4.69) is 17.1 Å². The van der Waals surface area contributed by atoms with E-state index < -0.39 is 0 Å². The van der Waals surface area contributed by atoms with E-state index >= 15 is 0 Å². The van der Waals surface area contributed by atoms with Gasteiger partial charge in [0.25, 0.3) is 0 Å². The van der Waals surface area contributed by atoms with Crippen LogP contribution in [0.3, 0.4) is 0 Å². The number of hydrogen-bond acceptors (Lipinski definition) is 5. The molecule has 0 unspecified atom stereocenters. The number of benzene rings is 1. The minimum Gasteiger partial charge on any atom is -0.493 e. The van der Waals surface area contributed by atoms with Crippen molar-refractivity contribution in [3.63, 3.8) is 0 Å². The molecule has 0 amide bonds. The highest BCUT2D eigenvalue weighted by molar-refractivity contribution is 8.01. The van der Waals surface area contributed by atoms with Gasteiger partial charge in [0.05, 0.1) is 13.2 Å².